The number of urea groups is 1. The van der Waals surface area contributed by atoms with Crippen molar-refractivity contribution in [3.8, 4) is 5.75 Å². The molecule has 2 rings (SSSR count). The molecule has 25 heavy (non-hydrogen) atoms. The molecular formula is C18H22N2O5. The summed E-state index contributed by atoms with van der Waals surface area (Å²) >= 11 is 0. The zero-order chi connectivity index (χ0) is 18.9. The van der Waals surface area contributed by atoms with E-state index in [-0.39, 0.29) is 6.42 Å². The van der Waals surface area contributed by atoms with Gasteiger partial charge in [-0.05, 0) is 50.5 Å². The fourth-order valence-electron chi connectivity index (χ4n) is 3.26. The minimum atomic E-state index is -1.40. The number of ether oxygens (including phenoxy) is 1. The van der Waals surface area contributed by atoms with Crippen LogP contribution in [0.2, 0.25) is 0 Å². The summed E-state index contributed by atoms with van der Waals surface area (Å²) in [6.45, 7) is 5.97. The quantitative estimate of drug-likeness (QED) is 0.625. The molecule has 1 saturated heterocycles. The monoisotopic (exact) mass is 346 g/mol. The van der Waals surface area contributed by atoms with Gasteiger partial charge in [0.2, 0.25) is 0 Å². The summed E-state index contributed by atoms with van der Waals surface area (Å²) < 4.78 is 5.23. The number of methoxy groups -OCH3 is 1. The van der Waals surface area contributed by atoms with Crippen molar-refractivity contribution in [2.45, 2.75) is 45.7 Å². The summed E-state index contributed by atoms with van der Waals surface area (Å²) in [4.78, 5) is 49.9. The van der Waals surface area contributed by atoms with Crippen LogP contribution < -0.4 is 10.1 Å². The first-order valence-electron chi connectivity index (χ1n) is 8.01. The van der Waals surface area contributed by atoms with E-state index >= 15 is 0 Å². The largest absolute Gasteiger partial charge is 0.496 e. The first-order chi connectivity index (χ1) is 11.7. The van der Waals surface area contributed by atoms with Gasteiger partial charge in [-0.15, -0.1) is 0 Å². The Hall–Kier alpha value is -2.70. The average Bonchev–Trinajstić information content (AvgIpc) is 2.79. The molecule has 3 amide bonds. The number of amides is 3. The number of benzene rings is 1. The highest BCUT2D eigenvalue weighted by atomic mass is 16.5. The molecule has 1 aliphatic heterocycles. The van der Waals surface area contributed by atoms with Gasteiger partial charge in [0.05, 0.1) is 7.11 Å². The molecule has 134 valence electrons. The maximum Gasteiger partial charge on any atom is 0.326 e. The number of ketones is 2. The number of hydrogen-bond donors (Lipinski definition) is 1. The second-order valence-electron chi connectivity index (χ2n) is 6.17. The Morgan fingerprint density at radius 1 is 1.24 bits per heavy atom. The van der Waals surface area contributed by atoms with Crippen LogP contribution in [0.15, 0.2) is 18.2 Å². The number of nitrogens with zero attached hydrogens (tertiary/aromatic N) is 1. The summed E-state index contributed by atoms with van der Waals surface area (Å²) in [5, 5.41) is 2.68. The number of aryl methyl sites for hydroxylation is 1. The standard InChI is InChI=1S/C18H22N2O5/c1-6-18(13-7-8-14(25-5)10(2)9-13)16(23)20(17(24)19-18)15(11(3)21)12(4)22/h7-9,15H,6H2,1-5H3,(H,19,24). The van der Waals surface area contributed by atoms with E-state index in [1.807, 2.05) is 6.92 Å². The Labute approximate surface area is 146 Å². The van der Waals surface area contributed by atoms with Gasteiger partial charge in [0.15, 0.2) is 17.6 Å². The van der Waals surface area contributed by atoms with Crippen molar-refractivity contribution >= 4 is 23.5 Å². The van der Waals surface area contributed by atoms with Crippen LogP contribution in [-0.2, 0) is 19.9 Å². The van der Waals surface area contributed by atoms with E-state index in [0.717, 1.165) is 10.5 Å². The lowest BCUT2D eigenvalue weighted by molar-refractivity contribution is -0.142. The fraction of sp³-hybridized carbons (Fsp3) is 0.444. The molecule has 1 heterocycles. The lowest BCUT2D eigenvalue weighted by Crippen LogP contribution is -2.50. The maximum absolute atomic E-state index is 13.1. The molecule has 1 fully saturated rings. The lowest BCUT2D eigenvalue weighted by atomic mass is 9.86. The number of hydrogen-bond acceptors (Lipinski definition) is 5. The van der Waals surface area contributed by atoms with Crippen molar-refractivity contribution in [1.82, 2.24) is 10.2 Å². The number of carbonyl (C=O) groups excluding carboxylic acids is 4. The molecule has 0 radical (unpaired) electrons. The molecule has 7 heteroatoms. The highest BCUT2D eigenvalue weighted by Gasteiger charge is 2.55. The minimum absolute atomic E-state index is 0.280. The van der Waals surface area contributed by atoms with E-state index in [1.165, 1.54) is 13.8 Å². The molecule has 0 bridgehead atoms. The van der Waals surface area contributed by atoms with Gasteiger partial charge in [0, 0.05) is 0 Å². The summed E-state index contributed by atoms with van der Waals surface area (Å²) in [7, 11) is 1.55. The second kappa shape index (κ2) is 6.66. The molecule has 7 nitrogen and oxygen atoms in total. The Bertz CT molecular complexity index is 744. The van der Waals surface area contributed by atoms with E-state index in [9.17, 15) is 19.2 Å². The molecule has 1 N–H and O–H groups in total. The SMILES string of the molecule is CCC1(c2ccc(OC)c(C)c2)NC(=O)N(C(C(C)=O)C(C)=O)C1=O. The zero-order valence-corrected chi connectivity index (χ0v) is 15.0. The predicted molar refractivity (Wildman–Crippen MR) is 90.2 cm³/mol. The summed E-state index contributed by atoms with van der Waals surface area (Å²) in [5.41, 5.74) is 0.0834. The third-order valence-corrected chi connectivity index (χ3v) is 4.57. The Morgan fingerprint density at radius 2 is 1.84 bits per heavy atom. The lowest BCUT2D eigenvalue weighted by Gasteiger charge is -2.27. The highest BCUT2D eigenvalue weighted by molar-refractivity contribution is 6.16. The normalized spacial score (nSPS) is 20.0. The van der Waals surface area contributed by atoms with E-state index in [2.05, 4.69) is 5.32 Å². The molecule has 1 aliphatic rings. The molecule has 1 atom stereocenters. The number of nitrogens with one attached hydrogen (secondary N) is 1. The molecule has 1 aromatic rings. The number of rotatable bonds is 6. The molecule has 0 aromatic heterocycles. The topological polar surface area (TPSA) is 92.8 Å². The van der Waals surface area contributed by atoms with Crippen LogP contribution in [-0.4, -0.2) is 41.6 Å². The Kier molecular flexibility index (Phi) is 4.97. The number of imide groups is 1. The van der Waals surface area contributed by atoms with Crippen molar-refractivity contribution in [2.75, 3.05) is 7.11 Å². The molecule has 0 spiro atoms. The van der Waals surface area contributed by atoms with E-state index in [4.69, 9.17) is 4.74 Å². The number of Topliss-reactive ketones (excluding diaryl/α,β-unsaturated/α-hetero) is 2. The van der Waals surface area contributed by atoms with Gasteiger partial charge in [-0.2, -0.15) is 0 Å². The van der Waals surface area contributed by atoms with Gasteiger partial charge in [-0.3, -0.25) is 14.4 Å². The zero-order valence-electron chi connectivity index (χ0n) is 15.0. The van der Waals surface area contributed by atoms with Gasteiger partial charge in [-0.25, -0.2) is 9.69 Å². The summed E-state index contributed by atoms with van der Waals surface area (Å²) in [6, 6.07) is 3.04. The third kappa shape index (κ3) is 2.90. The van der Waals surface area contributed by atoms with Gasteiger partial charge in [0.25, 0.3) is 5.91 Å². The highest BCUT2D eigenvalue weighted by Crippen LogP contribution is 2.35. The van der Waals surface area contributed by atoms with E-state index < -0.39 is 35.1 Å². The van der Waals surface area contributed by atoms with Crippen LogP contribution in [0, 0.1) is 6.92 Å². The first kappa shape index (κ1) is 18.6. The summed E-state index contributed by atoms with van der Waals surface area (Å²) in [5.74, 6) is -1.03. The van der Waals surface area contributed by atoms with Gasteiger partial charge in [-0.1, -0.05) is 13.0 Å². The van der Waals surface area contributed by atoms with Gasteiger partial charge < -0.3 is 10.1 Å². The third-order valence-electron chi connectivity index (χ3n) is 4.57. The van der Waals surface area contributed by atoms with Crippen LogP contribution in [0.25, 0.3) is 0 Å². The van der Waals surface area contributed by atoms with Gasteiger partial charge >= 0.3 is 6.03 Å². The Morgan fingerprint density at radius 3 is 2.28 bits per heavy atom. The van der Waals surface area contributed by atoms with E-state index in [1.54, 1.807) is 32.2 Å². The van der Waals surface area contributed by atoms with Crippen molar-refractivity contribution in [1.29, 1.82) is 0 Å². The predicted octanol–water partition coefficient (Wildman–Crippen LogP) is 1.71. The van der Waals surface area contributed by atoms with Gasteiger partial charge in [0.1, 0.15) is 11.3 Å². The van der Waals surface area contributed by atoms with Crippen LogP contribution in [0.3, 0.4) is 0 Å². The second-order valence-corrected chi connectivity index (χ2v) is 6.17. The fourth-order valence-corrected chi connectivity index (χ4v) is 3.26. The van der Waals surface area contributed by atoms with Crippen LogP contribution >= 0.6 is 0 Å². The van der Waals surface area contributed by atoms with Crippen LogP contribution in [0.1, 0.15) is 38.3 Å². The molecule has 1 unspecified atom stereocenters. The molecule has 0 saturated carbocycles. The molecular weight excluding hydrogens is 324 g/mol. The van der Waals surface area contributed by atoms with Crippen molar-refractivity contribution in [2.24, 2.45) is 0 Å². The average molecular weight is 346 g/mol. The summed E-state index contributed by atoms with van der Waals surface area (Å²) in [6.07, 6.45) is 0.280. The number of carbonyl (C=O) groups is 4. The first-order valence-corrected chi connectivity index (χ1v) is 8.01. The minimum Gasteiger partial charge on any atom is -0.496 e. The van der Waals surface area contributed by atoms with Crippen LogP contribution in [0.5, 0.6) is 5.75 Å². The maximum atomic E-state index is 13.1. The van der Waals surface area contributed by atoms with Crippen molar-refractivity contribution in [3.63, 3.8) is 0 Å². The van der Waals surface area contributed by atoms with Crippen molar-refractivity contribution in [3.05, 3.63) is 29.3 Å². The van der Waals surface area contributed by atoms with Crippen molar-refractivity contribution < 1.29 is 23.9 Å². The van der Waals surface area contributed by atoms with Crippen LogP contribution in [0.4, 0.5) is 4.79 Å². The van der Waals surface area contributed by atoms with E-state index in [0.29, 0.717) is 11.3 Å². The smallest absolute Gasteiger partial charge is 0.326 e. The molecule has 0 aliphatic carbocycles. The Balaban J connectivity index is 2.54. The molecule has 1 aromatic carbocycles.